The number of nitrogens with one attached hydrogen (secondary N) is 2. The van der Waals surface area contributed by atoms with Gasteiger partial charge in [-0.2, -0.15) is 0 Å². The number of imide groups is 1. The Morgan fingerprint density at radius 2 is 1.72 bits per heavy atom. The maximum Gasteiger partial charge on any atom is 0.335 e. The van der Waals surface area contributed by atoms with Crippen molar-refractivity contribution in [3.8, 4) is 0 Å². The van der Waals surface area contributed by atoms with E-state index < -0.39 is 79.1 Å². The Balaban J connectivity index is 0.940. The highest BCUT2D eigenvalue weighted by Crippen LogP contribution is 2.70. The number of carbonyl (C=O) groups is 4. The summed E-state index contributed by atoms with van der Waals surface area (Å²) in [6, 6.07) is 2.15. The first kappa shape index (κ1) is 41.4. The molecular weight excluding hydrogens is 742 g/mol. The molecule has 0 aromatic carbocycles. The number of rotatable bonds is 13. The first-order chi connectivity index (χ1) is 27.2. The molecule has 6 N–H and O–H groups in total. The van der Waals surface area contributed by atoms with Gasteiger partial charge in [-0.15, -0.1) is 0 Å². The summed E-state index contributed by atoms with van der Waals surface area (Å²) in [4.78, 5) is 60.8. The molecule has 2 aliphatic heterocycles. The molecule has 12 atom stereocenters. The third-order valence-electron chi connectivity index (χ3n) is 14.1. The molecule has 312 valence electrons. The van der Waals surface area contributed by atoms with Crippen LogP contribution >= 0.6 is 0 Å². The van der Waals surface area contributed by atoms with E-state index in [9.17, 15) is 44.4 Å². The van der Waals surface area contributed by atoms with Gasteiger partial charge >= 0.3 is 5.63 Å². The Labute approximate surface area is 330 Å². The molecule has 4 amide bonds. The smallest absolute Gasteiger partial charge is 0.335 e. The molecule has 1 aromatic heterocycles. The van der Waals surface area contributed by atoms with Gasteiger partial charge in [0.05, 0.1) is 37.8 Å². The number of ether oxygens (including phenoxy) is 3. The van der Waals surface area contributed by atoms with E-state index in [0.717, 1.165) is 61.1 Å². The zero-order valence-corrected chi connectivity index (χ0v) is 32.5. The molecule has 16 nitrogen and oxygen atoms in total. The highest BCUT2D eigenvalue weighted by Gasteiger charge is 2.66. The minimum atomic E-state index is -1.50. The third kappa shape index (κ3) is 7.77. The zero-order valence-electron chi connectivity index (χ0n) is 32.5. The molecule has 16 heteroatoms. The molecule has 0 spiro atoms. The van der Waals surface area contributed by atoms with Crippen LogP contribution in [0.4, 0.5) is 0 Å². The summed E-state index contributed by atoms with van der Waals surface area (Å²) in [6.45, 7) is 3.63. The number of carbonyl (C=O) groups excluding carboxylic acids is 4. The summed E-state index contributed by atoms with van der Waals surface area (Å²) in [5.74, 6) is -1.69. The van der Waals surface area contributed by atoms with Gasteiger partial charge in [-0.1, -0.05) is 25.5 Å². The number of aliphatic hydroxyl groups is 4. The molecule has 6 aliphatic rings. The Morgan fingerprint density at radius 1 is 0.947 bits per heavy atom. The van der Waals surface area contributed by atoms with E-state index >= 15 is 0 Å². The van der Waals surface area contributed by atoms with Crippen molar-refractivity contribution >= 4 is 23.6 Å². The van der Waals surface area contributed by atoms with Crippen molar-refractivity contribution in [3.05, 3.63) is 58.2 Å². The van der Waals surface area contributed by atoms with E-state index in [1.165, 1.54) is 11.6 Å². The lowest BCUT2D eigenvalue weighted by molar-refractivity contribution is -0.279. The molecule has 0 radical (unpaired) electrons. The lowest BCUT2D eigenvalue weighted by Crippen LogP contribution is -2.65. The van der Waals surface area contributed by atoms with Gasteiger partial charge in [0.2, 0.25) is 11.8 Å². The lowest BCUT2D eigenvalue weighted by Gasteiger charge is -2.62. The van der Waals surface area contributed by atoms with E-state index in [1.807, 2.05) is 6.07 Å². The normalized spacial score (nSPS) is 38.6. The fraction of sp³-hybridized carbons (Fsp3) is 0.683. The van der Waals surface area contributed by atoms with Crippen LogP contribution in [-0.4, -0.2) is 124 Å². The molecule has 4 fully saturated rings. The minimum absolute atomic E-state index is 0.0273. The van der Waals surface area contributed by atoms with Gasteiger partial charge in [0.1, 0.15) is 30.9 Å². The third-order valence-corrected chi connectivity index (χ3v) is 14.1. The van der Waals surface area contributed by atoms with Crippen LogP contribution in [0.5, 0.6) is 0 Å². The van der Waals surface area contributed by atoms with Gasteiger partial charge in [0, 0.05) is 36.6 Å². The summed E-state index contributed by atoms with van der Waals surface area (Å²) in [6.07, 6.45) is 6.39. The van der Waals surface area contributed by atoms with Crippen LogP contribution in [-0.2, 0) is 33.4 Å². The maximum atomic E-state index is 13.0. The number of allylic oxidation sites excluding steroid dienone is 1. The molecular formula is C41H55N3O13. The average Bonchev–Trinajstić information content (AvgIpc) is 3.65. The van der Waals surface area contributed by atoms with Gasteiger partial charge in [-0.25, -0.2) is 4.79 Å². The minimum Gasteiger partial charge on any atom is -0.431 e. The van der Waals surface area contributed by atoms with Crippen molar-refractivity contribution in [1.82, 2.24) is 15.5 Å². The molecule has 3 heterocycles. The predicted molar refractivity (Wildman–Crippen MR) is 200 cm³/mol. The Kier molecular flexibility index (Phi) is 12.0. The number of hydrogen-bond donors (Lipinski definition) is 6. The largest absolute Gasteiger partial charge is 0.431 e. The van der Waals surface area contributed by atoms with Gasteiger partial charge in [-0.05, 0) is 86.2 Å². The van der Waals surface area contributed by atoms with Crippen molar-refractivity contribution in [3.63, 3.8) is 0 Å². The number of hydrogen-bond acceptors (Lipinski definition) is 13. The molecule has 4 unspecified atom stereocenters. The summed E-state index contributed by atoms with van der Waals surface area (Å²) >= 11 is 0. The van der Waals surface area contributed by atoms with E-state index in [4.69, 9.17) is 18.6 Å². The summed E-state index contributed by atoms with van der Waals surface area (Å²) < 4.78 is 23.1. The van der Waals surface area contributed by atoms with E-state index in [0.29, 0.717) is 12.8 Å². The van der Waals surface area contributed by atoms with E-state index in [2.05, 4.69) is 30.6 Å². The van der Waals surface area contributed by atoms with Crippen LogP contribution in [0, 0.1) is 22.7 Å². The van der Waals surface area contributed by atoms with Gasteiger partial charge in [-0.3, -0.25) is 24.1 Å². The summed E-state index contributed by atoms with van der Waals surface area (Å²) in [5, 5.41) is 49.5. The monoisotopic (exact) mass is 797 g/mol. The predicted octanol–water partition coefficient (Wildman–Crippen LogP) is 0.558. The van der Waals surface area contributed by atoms with Crippen molar-refractivity contribution < 1.29 is 58.2 Å². The van der Waals surface area contributed by atoms with Crippen LogP contribution in [0.1, 0.15) is 83.1 Å². The Morgan fingerprint density at radius 3 is 2.44 bits per heavy atom. The maximum absolute atomic E-state index is 13.0. The lowest BCUT2D eigenvalue weighted by atomic mass is 9.45. The van der Waals surface area contributed by atoms with Gasteiger partial charge in [0.15, 0.2) is 6.29 Å². The second-order valence-electron chi connectivity index (χ2n) is 17.0. The van der Waals surface area contributed by atoms with Crippen LogP contribution < -0.4 is 16.3 Å². The molecule has 57 heavy (non-hydrogen) atoms. The SMILES string of the molecule is C[C@]12CC[C@H](O[C@@H]3OC(CO)[C@@H](O)[C@H](O)C3NC(=O)CCOCCNC(=O)CN3C(=O)C=CC3=O)C=C1CCC1C2CC[C@]2(C)[C@@H](c3ccc(=O)oc3)CC[C@]12O. The van der Waals surface area contributed by atoms with Crippen molar-refractivity contribution in [2.45, 2.75) is 120 Å². The van der Waals surface area contributed by atoms with Gasteiger partial charge in [0.25, 0.3) is 11.8 Å². The van der Waals surface area contributed by atoms with Crippen LogP contribution in [0.25, 0.3) is 0 Å². The first-order valence-electron chi connectivity index (χ1n) is 20.2. The molecule has 1 aromatic rings. The standard InChI is InChI=1S/C41H55N3O13/c1-39-13-9-25(19-24(39)4-5-28-27(39)10-14-40(2)26(11-15-41(28,40)53)23-3-8-34(50)55-22-23)56-38-35(37(52)36(51)29(21-45)57-38)43-30(46)12-17-54-18-16-42-31(47)20-44-32(48)6-7-33(44)49/h3,6-8,19,22,25-29,35-38,45,51-53H,4-5,9-18,20-21H2,1-2H3,(H,42,47)(H,43,46)/t25-,26+,27?,28?,29?,35?,36+,37+,38+,39-,40+,41-/m0/s1. The van der Waals surface area contributed by atoms with Crippen LogP contribution in [0.2, 0.25) is 0 Å². The summed E-state index contributed by atoms with van der Waals surface area (Å²) in [5.41, 5.74) is 0.477. The Hall–Kier alpha value is -3.77. The van der Waals surface area contributed by atoms with Crippen molar-refractivity contribution in [1.29, 1.82) is 0 Å². The summed E-state index contributed by atoms with van der Waals surface area (Å²) in [7, 11) is 0. The number of nitrogens with zero attached hydrogens (tertiary/aromatic N) is 1. The van der Waals surface area contributed by atoms with E-state index in [-0.39, 0.29) is 60.4 Å². The molecule has 3 saturated carbocycles. The Bertz CT molecular complexity index is 1790. The topological polar surface area (TPSA) is 234 Å². The first-order valence-corrected chi connectivity index (χ1v) is 20.2. The molecule has 0 bridgehead atoms. The highest BCUT2D eigenvalue weighted by molar-refractivity contribution is 6.14. The zero-order chi connectivity index (χ0) is 40.7. The molecule has 4 aliphatic carbocycles. The average molecular weight is 798 g/mol. The van der Waals surface area contributed by atoms with Crippen LogP contribution in [0.3, 0.4) is 0 Å². The second kappa shape index (κ2) is 16.5. The number of amides is 4. The highest BCUT2D eigenvalue weighted by atomic mass is 16.7. The molecule has 7 rings (SSSR count). The molecule has 1 saturated heterocycles. The van der Waals surface area contributed by atoms with Crippen LogP contribution in [0.15, 0.2) is 51.4 Å². The second-order valence-corrected chi connectivity index (χ2v) is 17.0. The van der Waals surface area contributed by atoms with Crippen molar-refractivity contribution in [2.75, 3.05) is 32.9 Å². The van der Waals surface area contributed by atoms with Crippen molar-refractivity contribution in [2.24, 2.45) is 22.7 Å². The number of fused-ring (bicyclic) bond motifs is 5. The fourth-order valence-electron chi connectivity index (χ4n) is 11.0. The van der Waals surface area contributed by atoms with Gasteiger partial charge < -0.3 is 49.7 Å². The van der Waals surface area contributed by atoms with E-state index in [1.54, 1.807) is 6.26 Å². The number of aliphatic hydroxyl groups excluding tert-OH is 3. The fourth-order valence-corrected chi connectivity index (χ4v) is 11.0. The quantitative estimate of drug-likeness (QED) is 0.0911.